The first kappa shape index (κ1) is 22.7. The van der Waals surface area contributed by atoms with Crippen LogP contribution >= 0.6 is 0 Å². The Morgan fingerprint density at radius 3 is 2.46 bits per heavy atom. The Balaban J connectivity index is 3.22. The molecule has 0 atom stereocenters. The van der Waals surface area contributed by atoms with E-state index in [1.807, 2.05) is 0 Å². The summed E-state index contributed by atoms with van der Waals surface area (Å²) in [5, 5.41) is 0. The Morgan fingerprint density at radius 2 is 1.88 bits per heavy atom. The van der Waals surface area contributed by atoms with E-state index in [0.717, 1.165) is 32.2 Å². The van der Waals surface area contributed by atoms with Crippen LogP contribution in [0.5, 0.6) is 0 Å². The monoisotopic (exact) mass is 355 g/mol. The molecule has 0 aliphatic heterocycles. The van der Waals surface area contributed by atoms with Gasteiger partial charge in [0.15, 0.2) is 0 Å². The lowest BCUT2D eigenvalue weighted by Crippen LogP contribution is -2.28. The van der Waals surface area contributed by atoms with E-state index in [1.54, 1.807) is 11.1 Å². The van der Waals surface area contributed by atoms with Gasteiger partial charge in [-0.2, -0.15) is 0 Å². The lowest BCUT2D eigenvalue weighted by molar-refractivity contribution is 0.339. The smallest absolute Gasteiger partial charge is 0.00726 e. The van der Waals surface area contributed by atoms with Gasteiger partial charge in [0.1, 0.15) is 0 Å². The van der Waals surface area contributed by atoms with Crippen LogP contribution in [0.2, 0.25) is 0 Å². The van der Waals surface area contributed by atoms with Gasteiger partial charge in [0.2, 0.25) is 0 Å². The van der Waals surface area contributed by atoms with Crippen molar-refractivity contribution in [2.75, 3.05) is 6.54 Å². The summed E-state index contributed by atoms with van der Waals surface area (Å²) in [6.45, 7) is 16.8. The van der Waals surface area contributed by atoms with Crippen molar-refractivity contribution in [3.8, 4) is 0 Å². The molecular weight excluding hydrogens is 314 g/mol. The predicted octanol–water partition coefficient (Wildman–Crippen LogP) is 7.28. The van der Waals surface area contributed by atoms with Gasteiger partial charge in [-0.15, -0.1) is 0 Å². The van der Waals surface area contributed by atoms with Crippen molar-refractivity contribution < 1.29 is 0 Å². The molecule has 0 bridgehead atoms. The van der Waals surface area contributed by atoms with Crippen molar-refractivity contribution >= 4 is 0 Å². The number of allylic oxidation sites excluding steroid dienone is 9. The van der Waals surface area contributed by atoms with E-state index >= 15 is 0 Å². The van der Waals surface area contributed by atoms with Crippen LogP contribution in [0.15, 0.2) is 58.7 Å². The minimum Gasteiger partial charge on any atom is -0.330 e. The highest BCUT2D eigenvalue weighted by molar-refractivity contribution is 5.39. The lowest BCUT2D eigenvalue weighted by atomic mass is 9.65. The molecule has 0 spiro atoms. The molecule has 0 fully saturated rings. The number of nitrogens with two attached hydrogens (primary N) is 1. The fraction of sp³-hybridized carbons (Fsp3) is 0.600. The average Bonchev–Trinajstić information content (AvgIpc) is 2.65. The first-order valence-corrected chi connectivity index (χ1v) is 10.3. The molecule has 0 amide bonds. The molecule has 146 valence electrons. The molecule has 1 aliphatic carbocycles. The van der Waals surface area contributed by atoms with Gasteiger partial charge in [0.05, 0.1) is 0 Å². The van der Waals surface area contributed by atoms with Gasteiger partial charge < -0.3 is 5.73 Å². The topological polar surface area (TPSA) is 26.0 Å². The van der Waals surface area contributed by atoms with E-state index in [0.29, 0.717) is 0 Å². The highest BCUT2D eigenvalue weighted by Gasteiger charge is 2.38. The van der Waals surface area contributed by atoms with Gasteiger partial charge >= 0.3 is 0 Å². The first-order chi connectivity index (χ1) is 12.2. The van der Waals surface area contributed by atoms with Crippen LogP contribution in [0.1, 0.15) is 80.6 Å². The molecular formula is C25H41N. The van der Waals surface area contributed by atoms with E-state index in [1.165, 1.54) is 17.6 Å². The molecule has 0 unspecified atom stereocenters. The molecule has 1 rings (SSSR count). The third-order valence-corrected chi connectivity index (χ3v) is 5.76. The molecule has 1 nitrogen and oxygen atoms in total. The molecule has 0 aromatic carbocycles. The number of hydrogen-bond donors (Lipinski definition) is 1. The Hall–Kier alpha value is -1.34. The van der Waals surface area contributed by atoms with Gasteiger partial charge in [0, 0.05) is 5.41 Å². The van der Waals surface area contributed by atoms with Crippen LogP contribution in [0, 0.1) is 10.8 Å². The van der Waals surface area contributed by atoms with Gasteiger partial charge in [-0.05, 0) is 63.5 Å². The molecule has 2 N–H and O–H groups in total. The summed E-state index contributed by atoms with van der Waals surface area (Å²) in [6, 6.07) is 0. The van der Waals surface area contributed by atoms with E-state index in [9.17, 15) is 0 Å². The van der Waals surface area contributed by atoms with Gasteiger partial charge in [-0.1, -0.05) is 87.8 Å². The SMILES string of the molecule is C/C=C(C)\C=C/C(=CCC)CC1=CCCC(C)(C)/C(=C\CCN)C1(C)C. The molecule has 0 heterocycles. The zero-order chi connectivity index (χ0) is 19.8. The van der Waals surface area contributed by atoms with Crippen LogP contribution in [-0.2, 0) is 0 Å². The largest absolute Gasteiger partial charge is 0.330 e. The minimum atomic E-state index is 0.0749. The van der Waals surface area contributed by atoms with Crippen LogP contribution in [0.3, 0.4) is 0 Å². The van der Waals surface area contributed by atoms with Crippen molar-refractivity contribution in [3.63, 3.8) is 0 Å². The Morgan fingerprint density at radius 1 is 1.19 bits per heavy atom. The van der Waals surface area contributed by atoms with E-state index in [4.69, 9.17) is 5.73 Å². The Kier molecular flexibility index (Phi) is 8.83. The minimum absolute atomic E-state index is 0.0749. The van der Waals surface area contributed by atoms with Gasteiger partial charge in [-0.25, -0.2) is 0 Å². The number of rotatable bonds is 7. The van der Waals surface area contributed by atoms with Crippen LogP contribution < -0.4 is 5.73 Å². The molecule has 26 heavy (non-hydrogen) atoms. The summed E-state index contributed by atoms with van der Waals surface area (Å²) >= 11 is 0. The third kappa shape index (κ3) is 6.13. The second-order valence-electron chi connectivity index (χ2n) is 8.70. The van der Waals surface area contributed by atoms with Gasteiger partial charge in [-0.3, -0.25) is 0 Å². The first-order valence-electron chi connectivity index (χ1n) is 10.3. The summed E-state index contributed by atoms with van der Waals surface area (Å²) in [5.41, 5.74) is 12.0. The highest BCUT2D eigenvalue weighted by atomic mass is 14.5. The summed E-state index contributed by atoms with van der Waals surface area (Å²) in [4.78, 5) is 0. The van der Waals surface area contributed by atoms with Crippen molar-refractivity contribution in [1.82, 2.24) is 0 Å². The van der Waals surface area contributed by atoms with E-state index in [2.05, 4.69) is 84.9 Å². The summed E-state index contributed by atoms with van der Waals surface area (Å²) in [7, 11) is 0. The van der Waals surface area contributed by atoms with Gasteiger partial charge in [0.25, 0.3) is 0 Å². The lowest BCUT2D eigenvalue weighted by Gasteiger charge is -2.39. The fourth-order valence-corrected chi connectivity index (χ4v) is 4.08. The van der Waals surface area contributed by atoms with E-state index in [-0.39, 0.29) is 10.8 Å². The normalized spacial score (nSPS) is 22.6. The standard InChI is InChI=1S/C25H41N/c1-8-12-21(16-15-20(3)9-2)19-22-13-10-17-24(4,5)23(14-11-18-26)25(22,6)7/h9,12-16H,8,10-11,17-19,26H2,1-7H3/b16-15-,20-9-,21-12?,23-14+. The van der Waals surface area contributed by atoms with Crippen molar-refractivity contribution in [2.45, 2.75) is 80.6 Å². The molecule has 0 saturated heterocycles. The zero-order valence-electron chi connectivity index (χ0n) is 18.3. The maximum absolute atomic E-state index is 5.82. The van der Waals surface area contributed by atoms with Crippen LogP contribution in [0.25, 0.3) is 0 Å². The van der Waals surface area contributed by atoms with Crippen molar-refractivity contribution in [3.05, 3.63) is 58.7 Å². The molecule has 1 aliphatic rings. The highest BCUT2D eigenvalue weighted by Crippen LogP contribution is 2.50. The Labute approximate surface area is 162 Å². The number of hydrogen-bond acceptors (Lipinski definition) is 1. The fourth-order valence-electron chi connectivity index (χ4n) is 4.08. The predicted molar refractivity (Wildman–Crippen MR) is 118 cm³/mol. The third-order valence-electron chi connectivity index (χ3n) is 5.76. The van der Waals surface area contributed by atoms with E-state index < -0.39 is 0 Å². The molecule has 1 heteroatoms. The van der Waals surface area contributed by atoms with Crippen LogP contribution in [0.4, 0.5) is 0 Å². The molecule has 0 aromatic rings. The van der Waals surface area contributed by atoms with Crippen molar-refractivity contribution in [1.29, 1.82) is 0 Å². The zero-order valence-corrected chi connectivity index (χ0v) is 18.3. The molecule has 0 saturated carbocycles. The molecule has 0 aromatic heterocycles. The second-order valence-corrected chi connectivity index (χ2v) is 8.70. The molecule has 0 radical (unpaired) electrons. The maximum Gasteiger partial charge on any atom is 0.00726 e. The Bertz CT molecular complexity index is 606. The maximum atomic E-state index is 5.82. The summed E-state index contributed by atoms with van der Waals surface area (Å²) < 4.78 is 0. The second kappa shape index (κ2) is 10.1. The quantitative estimate of drug-likeness (QED) is 0.377. The average molecular weight is 356 g/mol. The summed E-state index contributed by atoms with van der Waals surface area (Å²) in [6.07, 6.45) is 19.4. The van der Waals surface area contributed by atoms with Crippen LogP contribution in [-0.4, -0.2) is 6.54 Å². The van der Waals surface area contributed by atoms with Crippen molar-refractivity contribution in [2.24, 2.45) is 16.6 Å². The summed E-state index contributed by atoms with van der Waals surface area (Å²) in [5.74, 6) is 0.